The highest BCUT2D eigenvalue weighted by Crippen LogP contribution is 2.40. The Hall–Kier alpha value is -1.48. The first-order valence-electron chi connectivity index (χ1n) is 7.08. The lowest BCUT2D eigenvalue weighted by molar-refractivity contribution is 0.589. The zero-order valence-corrected chi connectivity index (χ0v) is 13.0. The molecule has 0 saturated heterocycles. The second-order valence-electron chi connectivity index (χ2n) is 6.39. The van der Waals surface area contributed by atoms with Gasteiger partial charge in [-0.1, -0.05) is 51.1 Å². The molecule has 1 aliphatic heterocycles. The number of rotatable bonds is 2. The second-order valence-corrected chi connectivity index (χ2v) is 7.36. The van der Waals surface area contributed by atoms with Gasteiger partial charge in [-0.25, -0.2) is 0 Å². The molecule has 2 nitrogen and oxygen atoms in total. The molecule has 1 aromatic carbocycles. The minimum Gasteiger partial charge on any atom is -0.185 e. The molecule has 0 saturated carbocycles. The molecule has 2 unspecified atom stereocenters. The molecule has 0 amide bonds. The van der Waals surface area contributed by atoms with Crippen molar-refractivity contribution in [2.45, 2.75) is 44.7 Å². The normalized spacial score (nSPS) is 22.4. The largest absolute Gasteiger partial charge is 0.185 e. The van der Waals surface area contributed by atoms with Crippen LogP contribution in [0.4, 0.5) is 0 Å². The Morgan fingerprint density at radius 3 is 2.30 bits per heavy atom. The van der Waals surface area contributed by atoms with Crippen LogP contribution in [0, 0.1) is 0 Å². The Bertz CT molecular complexity index is 591. The fourth-order valence-electron chi connectivity index (χ4n) is 2.53. The molecule has 0 spiro atoms. The minimum atomic E-state index is 0.204. The fraction of sp³-hybridized carbons (Fsp3) is 0.412. The number of hydrogen-bond donors (Lipinski definition) is 0. The van der Waals surface area contributed by atoms with Gasteiger partial charge in [0.2, 0.25) is 0 Å². The molecule has 3 heteroatoms. The maximum Gasteiger partial charge on any atom is 0.107 e. The van der Waals surface area contributed by atoms with Gasteiger partial charge in [-0.05, 0) is 28.0 Å². The average Bonchev–Trinajstić information content (AvgIpc) is 3.09. The molecule has 1 aliphatic rings. The molecular weight excluding hydrogens is 264 g/mol. The van der Waals surface area contributed by atoms with Crippen molar-refractivity contribution < 1.29 is 0 Å². The van der Waals surface area contributed by atoms with Gasteiger partial charge in [0.1, 0.15) is 6.04 Å². The Morgan fingerprint density at radius 1 is 1.00 bits per heavy atom. The van der Waals surface area contributed by atoms with E-state index < -0.39 is 0 Å². The van der Waals surface area contributed by atoms with E-state index in [-0.39, 0.29) is 17.5 Å². The van der Waals surface area contributed by atoms with Gasteiger partial charge < -0.3 is 0 Å². The Kier molecular flexibility index (Phi) is 3.47. The van der Waals surface area contributed by atoms with Crippen LogP contribution in [-0.4, -0.2) is 0 Å². The van der Waals surface area contributed by atoms with Crippen molar-refractivity contribution in [3.8, 4) is 0 Å². The average molecular weight is 284 g/mol. The van der Waals surface area contributed by atoms with Crippen molar-refractivity contribution in [1.82, 2.24) is 0 Å². The molecule has 0 aliphatic carbocycles. The molecule has 0 fully saturated rings. The molecule has 20 heavy (non-hydrogen) atoms. The van der Waals surface area contributed by atoms with Gasteiger partial charge in [-0.2, -0.15) is 10.2 Å². The van der Waals surface area contributed by atoms with Crippen molar-refractivity contribution >= 4 is 11.3 Å². The van der Waals surface area contributed by atoms with Crippen LogP contribution < -0.4 is 0 Å². The monoisotopic (exact) mass is 284 g/mol. The van der Waals surface area contributed by atoms with Crippen LogP contribution in [0.2, 0.25) is 0 Å². The smallest absolute Gasteiger partial charge is 0.107 e. The molecule has 0 radical (unpaired) electrons. The summed E-state index contributed by atoms with van der Waals surface area (Å²) in [6, 6.07) is 13.6. The molecule has 2 heterocycles. The lowest BCUT2D eigenvalue weighted by Crippen LogP contribution is -2.10. The number of nitrogens with zero attached hydrogens (tertiary/aromatic N) is 2. The summed E-state index contributed by atoms with van der Waals surface area (Å²) < 4.78 is 0. The third-order valence-electron chi connectivity index (χ3n) is 3.83. The third kappa shape index (κ3) is 2.68. The fourth-order valence-corrected chi connectivity index (χ4v) is 3.30. The SMILES string of the molecule is CC(C)(C)c1ccc(C2CC(c3cccs3)N=N2)cc1. The quantitative estimate of drug-likeness (QED) is 0.677. The topological polar surface area (TPSA) is 24.7 Å². The van der Waals surface area contributed by atoms with E-state index in [4.69, 9.17) is 0 Å². The van der Waals surface area contributed by atoms with Gasteiger partial charge in [0, 0.05) is 11.3 Å². The zero-order chi connectivity index (χ0) is 14.2. The number of thiophene rings is 1. The molecule has 2 atom stereocenters. The van der Waals surface area contributed by atoms with Gasteiger partial charge in [-0.15, -0.1) is 11.3 Å². The van der Waals surface area contributed by atoms with Gasteiger partial charge in [0.15, 0.2) is 0 Å². The van der Waals surface area contributed by atoms with E-state index in [1.807, 2.05) is 0 Å². The number of azo groups is 1. The van der Waals surface area contributed by atoms with E-state index in [2.05, 4.69) is 72.8 Å². The maximum atomic E-state index is 4.47. The van der Waals surface area contributed by atoms with E-state index in [1.165, 1.54) is 16.0 Å². The molecule has 0 bridgehead atoms. The predicted octanol–water partition coefficient (Wildman–Crippen LogP) is 5.68. The van der Waals surface area contributed by atoms with Gasteiger partial charge >= 0.3 is 0 Å². The highest BCUT2D eigenvalue weighted by Gasteiger charge is 2.25. The Balaban J connectivity index is 1.74. The third-order valence-corrected chi connectivity index (χ3v) is 4.80. The Labute approximate surface area is 124 Å². The summed E-state index contributed by atoms with van der Waals surface area (Å²) in [5.41, 5.74) is 2.85. The summed E-state index contributed by atoms with van der Waals surface area (Å²) in [5.74, 6) is 0. The summed E-state index contributed by atoms with van der Waals surface area (Å²) in [4.78, 5) is 1.32. The second kappa shape index (κ2) is 5.13. The van der Waals surface area contributed by atoms with Crippen LogP contribution in [0.5, 0.6) is 0 Å². The van der Waals surface area contributed by atoms with Gasteiger partial charge in [-0.3, -0.25) is 0 Å². The highest BCUT2D eigenvalue weighted by atomic mass is 32.1. The van der Waals surface area contributed by atoms with Crippen molar-refractivity contribution in [1.29, 1.82) is 0 Å². The number of hydrogen-bond acceptors (Lipinski definition) is 3. The van der Waals surface area contributed by atoms with Crippen LogP contribution in [0.25, 0.3) is 0 Å². The molecule has 3 rings (SSSR count). The van der Waals surface area contributed by atoms with Crippen molar-refractivity contribution in [2.75, 3.05) is 0 Å². The molecule has 0 N–H and O–H groups in total. The van der Waals surface area contributed by atoms with Crippen LogP contribution in [-0.2, 0) is 5.41 Å². The van der Waals surface area contributed by atoms with Crippen LogP contribution in [0.3, 0.4) is 0 Å². The van der Waals surface area contributed by atoms with Crippen molar-refractivity contribution in [2.24, 2.45) is 10.2 Å². The summed E-state index contributed by atoms with van der Waals surface area (Å²) >= 11 is 1.77. The van der Waals surface area contributed by atoms with Crippen LogP contribution in [0.15, 0.2) is 52.0 Å². The highest BCUT2D eigenvalue weighted by molar-refractivity contribution is 7.10. The van der Waals surface area contributed by atoms with E-state index in [0.29, 0.717) is 0 Å². The van der Waals surface area contributed by atoms with E-state index in [1.54, 1.807) is 11.3 Å². The lowest BCUT2D eigenvalue weighted by atomic mass is 9.86. The molecule has 104 valence electrons. The Morgan fingerprint density at radius 2 is 1.70 bits per heavy atom. The van der Waals surface area contributed by atoms with Crippen LogP contribution in [0.1, 0.15) is 55.3 Å². The molecule has 2 aromatic rings. The van der Waals surface area contributed by atoms with Crippen molar-refractivity contribution in [3.63, 3.8) is 0 Å². The van der Waals surface area contributed by atoms with Crippen molar-refractivity contribution in [3.05, 3.63) is 57.8 Å². The van der Waals surface area contributed by atoms with E-state index in [0.717, 1.165) is 6.42 Å². The first-order chi connectivity index (χ1) is 9.54. The van der Waals surface area contributed by atoms with Crippen LogP contribution >= 0.6 is 11.3 Å². The predicted molar refractivity (Wildman–Crippen MR) is 84.4 cm³/mol. The maximum absolute atomic E-state index is 4.47. The lowest BCUT2D eigenvalue weighted by Gasteiger charge is -2.19. The number of benzene rings is 1. The molecular formula is C17H20N2S. The first kappa shape index (κ1) is 13.5. The standard InChI is InChI=1S/C17H20N2S/c1-17(2,3)13-8-6-12(7-9-13)14-11-15(19-18-14)16-5-4-10-20-16/h4-10,14-15H,11H2,1-3H3. The summed E-state index contributed by atoms with van der Waals surface area (Å²) in [6.07, 6.45) is 0.995. The van der Waals surface area contributed by atoms with Gasteiger partial charge in [0.25, 0.3) is 0 Å². The zero-order valence-electron chi connectivity index (χ0n) is 12.2. The first-order valence-corrected chi connectivity index (χ1v) is 7.96. The summed E-state index contributed by atoms with van der Waals surface area (Å²) in [5, 5.41) is 11.0. The van der Waals surface area contributed by atoms with E-state index >= 15 is 0 Å². The summed E-state index contributed by atoms with van der Waals surface area (Å²) in [7, 11) is 0. The minimum absolute atomic E-state index is 0.204. The summed E-state index contributed by atoms with van der Waals surface area (Å²) in [6.45, 7) is 6.72. The van der Waals surface area contributed by atoms with Gasteiger partial charge in [0.05, 0.1) is 6.04 Å². The molecule has 1 aromatic heterocycles. The van der Waals surface area contributed by atoms with E-state index in [9.17, 15) is 0 Å².